The van der Waals surface area contributed by atoms with Crippen molar-refractivity contribution in [3.63, 3.8) is 0 Å². The van der Waals surface area contributed by atoms with Crippen LogP contribution >= 0.6 is 0 Å². The lowest BCUT2D eigenvalue weighted by Gasteiger charge is -2.35. The molecule has 1 aromatic rings. The number of benzene rings is 1. The molecular formula is C21H29N3O. The molecule has 4 nitrogen and oxygen atoms in total. The maximum Gasteiger partial charge on any atom is 0.227 e. The van der Waals surface area contributed by atoms with E-state index in [1.54, 1.807) is 0 Å². The van der Waals surface area contributed by atoms with E-state index < -0.39 is 0 Å². The summed E-state index contributed by atoms with van der Waals surface area (Å²) in [6, 6.07) is 10.2. The zero-order valence-electron chi connectivity index (χ0n) is 15.2. The van der Waals surface area contributed by atoms with Crippen molar-refractivity contribution in [3.8, 4) is 0 Å². The van der Waals surface area contributed by atoms with Crippen LogP contribution in [0.3, 0.4) is 0 Å². The van der Waals surface area contributed by atoms with Gasteiger partial charge in [0.2, 0.25) is 5.91 Å². The number of hydrogen-bond donors (Lipinski definition) is 1. The van der Waals surface area contributed by atoms with Gasteiger partial charge in [-0.05, 0) is 63.3 Å². The highest BCUT2D eigenvalue weighted by molar-refractivity contribution is 5.96. The molecule has 1 amide bonds. The number of hydrogen-bond acceptors (Lipinski definition) is 3. The first kappa shape index (κ1) is 16.6. The Morgan fingerprint density at radius 3 is 2.16 bits per heavy atom. The summed E-state index contributed by atoms with van der Waals surface area (Å²) >= 11 is 0. The van der Waals surface area contributed by atoms with Gasteiger partial charge in [-0.15, -0.1) is 0 Å². The predicted molar refractivity (Wildman–Crippen MR) is 103 cm³/mol. The average Bonchev–Trinajstić information content (AvgIpc) is 3.26. The minimum atomic E-state index is 0.258. The normalized spacial score (nSPS) is 25.3. The third-order valence-corrected chi connectivity index (χ3v) is 5.95. The van der Waals surface area contributed by atoms with Gasteiger partial charge in [-0.25, -0.2) is 0 Å². The van der Waals surface area contributed by atoms with Gasteiger partial charge in [0.05, 0.1) is 0 Å². The van der Waals surface area contributed by atoms with Crippen molar-refractivity contribution < 1.29 is 4.79 Å². The van der Waals surface area contributed by atoms with Crippen molar-refractivity contribution in [2.75, 3.05) is 22.9 Å². The van der Waals surface area contributed by atoms with Crippen LogP contribution in [-0.2, 0) is 4.79 Å². The molecule has 2 aliphatic heterocycles. The quantitative estimate of drug-likeness (QED) is 0.853. The minimum Gasteiger partial charge on any atom is -0.371 e. The summed E-state index contributed by atoms with van der Waals surface area (Å²) in [5, 5.41) is 3.81. The Balaban J connectivity index is 1.33. The fourth-order valence-corrected chi connectivity index (χ4v) is 4.44. The predicted octanol–water partition coefficient (Wildman–Crippen LogP) is 3.48. The number of carbonyl (C=O) groups is 1. The molecule has 3 aliphatic rings. The highest BCUT2D eigenvalue weighted by Crippen LogP contribution is 2.29. The van der Waals surface area contributed by atoms with Gasteiger partial charge in [0.15, 0.2) is 0 Å². The topological polar surface area (TPSA) is 35.6 Å². The van der Waals surface area contributed by atoms with Crippen molar-refractivity contribution >= 4 is 17.3 Å². The molecule has 25 heavy (non-hydrogen) atoms. The lowest BCUT2D eigenvalue weighted by molar-refractivity contribution is -0.117. The highest BCUT2D eigenvalue weighted by Gasteiger charge is 2.29. The fourth-order valence-electron chi connectivity index (χ4n) is 4.44. The maximum atomic E-state index is 12.1. The van der Waals surface area contributed by atoms with Crippen molar-refractivity contribution in [1.29, 1.82) is 0 Å². The molecule has 0 unspecified atom stereocenters. The third kappa shape index (κ3) is 3.59. The monoisotopic (exact) mass is 339 g/mol. The van der Waals surface area contributed by atoms with E-state index in [0.29, 0.717) is 24.5 Å². The van der Waals surface area contributed by atoms with Gasteiger partial charge in [0.25, 0.3) is 0 Å². The lowest BCUT2D eigenvalue weighted by Crippen LogP contribution is -2.45. The van der Waals surface area contributed by atoms with Gasteiger partial charge < -0.3 is 15.1 Å². The molecule has 2 fully saturated rings. The van der Waals surface area contributed by atoms with E-state index in [-0.39, 0.29) is 5.91 Å². The molecule has 0 radical (unpaired) electrons. The molecule has 2 saturated heterocycles. The van der Waals surface area contributed by atoms with E-state index in [0.717, 1.165) is 25.2 Å². The molecule has 1 atom stereocenters. The zero-order chi connectivity index (χ0) is 17.2. The number of carbonyl (C=O) groups excluding carboxylic acids is 1. The number of anilines is 2. The van der Waals surface area contributed by atoms with Gasteiger partial charge in [-0.3, -0.25) is 4.79 Å². The summed E-state index contributed by atoms with van der Waals surface area (Å²) in [7, 11) is 0. The van der Waals surface area contributed by atoms with Gasteiger partial charge in [0, 0.05) is 49.0 Å². The van der Waals surface area contributed by atoms with Crippen LogP contribution in [0.15, 0.2) is 36.4 Å². The van der Waals surface area contributed by atoms with Crippen LogP contribution in [0.5, 0.6) is 0 Å². The van der Waals surface area contributed by atoms with Gasteiger partial charge in [-0.1, -0.05) is 12.2 Å². The number of amides is 1. The van der Waals surface area contributed by atoms with E-state index in [1.807, 2.05) is 4.90 Å². The molecule has 2 heterocycles. The third-order valence-electron chi connectivity index (χ3n) is 5.95. The van der Waals surface area contributed by atoms with Crippen LogP contribution < -0.4 is 15.1 Å². The minimum absolute atomic E-state index is 0.258. The van der Waals surface area contributed by atoms with E-state index in [9.17, 15) is 4.79 Å². The second-order valence-electron chi connectivity index (χ2n) is 7.74. The molecule has 4 heteroatoms. The Hall–Kier alpha value is -1.81. The van der Waals surface area contributed by atoms with Crippen molar-refractivity contribution in [3.05, 3.63) is 36.4 Å². The molecule has 1 aliphatic carbocycles. The average molecular weight is 339 g/mol. The smallest absolute Gasteiger partial charge is 0.227 e. The Labute approximate surface area is 150 Å². The molecule has 0 spiro atoms. The van der Waals surface area contributed by atoms with Crippen LogP contribution in [0.25, 0.3) is 0 Å². The van der Waals surface area contributed by atoms with Crippen molar-refractivity contribution in [1.82, 2.24) is 5.32 Å². The van der Waals surface area contributed by atoms with Gasteiger partial charge >= 0.3 is 0 Å². The van der Waals surface area contributed by atoms with Crippen molar-refractivity contribution in [2.24, 2.45) is 0 Å². The summed E-state index contributed by atoms with van der Waals surface area (Å²) in [5.74, 6) is 0.258. The SMILES string of the molecule is C[C@H]1CCC(=O)N1c1ccc(N2CCC(NC3CC=CC3)CC2)cc1. The molecule has 0 aromatic heterocycles. The van der Waals surface area contributed by atoms with Crippen LogP contribution in [0.4, 0.5) is 11.4 Å². The zero-order valence-corrected chi connectivity index (χ0v) is 15.2. The Bertz CT molecular complexity index is 623. The first-order chi connectivity index (χ1) is 12.2. The second kappa shape index (κ2) is 7.20. The number of piperidine rings is 1. The molecule has 1 N–H and O–H groups in total. The van der Waals surface area contributed by atoms with E-state index in [4.69, 9.17) is 0 Å². The second-order valence-corrected chi connectivity index (χ2v) is 7.74. The van der Waals surface area contributed by atoms with E-state index in [1.165, 1.54) is 31.4 Å². The Morgan fingerprint density at radius 2 is 1.56 bits per heavy atom. The van der Waals surface area contributed by atoms with E-state index >= 15 is 0 Å². The van der Waals surface area contributed by atoms with Crippen molar-refractivity contribution in [2.45, 2.75) is 63.6 Å². The molecule has 0 saturated carbocycles. The van der Waals surface area contributed by atoms with Gasteiger partial charge in [-0.2, -0.15) is 0 Å². The number of nitrogens with zero attached hydrogens (tertiary/aromatic N) is 2. The lowest BCUT2D eigenvalue weighted by atomic mass is 10.0. The summed E-state index contributed by atoms with van der Waals surface area (Å²) in [5.41, 5.74) is 2.33. The standard InChI is InChI=1S/C21H29N3O/c1-16-6-11-21(25)24(16)20-9-7-19(8-10-20)23-14-12-18(13-15-23)22-17-4-2-3-5-17/h2-3,7-10,16-18,22H,4-6,11-15H2,1H3/t16-/m0/s1. The molecule has 0 bridgehead atoms. The number of rotatable bonds is 4. The summed E-state index contributed by atoms with van der Waals surface area (Å²) in [6.07, 6.45) is 11.0. The first-order valence-corrected chi connectivity index (χ1v) is 9.79. The van der Waals surface area contributed by atoms with Crippen LogP contribution in [0, 0.1) is 0 Å². The summed E-state index contributed by atoms with van der Waals surface area (Å²) in [4.78, 5) is 16.5. The number of nitrogens with one attached hydrogen (secondary N) is 1. The molecule has 134 valence electrons. The summed E-state index contributed by atoms with van der Waals surface area (Å²) in [6.45, 7) is 4.35. The molecule has 1 aromatic carbocycles. The maximum absolute atomic E-state index is 12.1. The Morgan fingerprint density at radius 1 is 0.920 bits per heavy atom. The fraction of sp³-hybridized carbons (Fsp3) is 0.571. The molecular weight excluding hydrogens is 310 g/mol. The van der Waals surface area contributed by atoms with Gasteiger partial charge in [0.1, 0.15) is 0 Å². The van der Waals surface area contributed by atoms with Crippen LogP contribution in [0.2, 0.25) is 0 Å². The first-order valence-electron chi connectivity index (χ1n) is 9.79. The largest absolute Gasteiger partial charge is 0.371 e. The highest BCUT2D eigenvalue weighted by atomic mass is 16.2. The molecule has 4 rings (SSSR count). The Kier molecular flexibility index (Phi) is 4.80. The van der Waals surface area contributed by atoms with Crippen LogP contribution in [0.1, 0.15) is 45.4 Å². The summed E-state index contributed by atoms with van der Waals surface area (Å²) < 4.78 is 0. The van der Waals surface area contributed by atoms with E-state index in [2.05, 4.69) is 53.6 Å². The van der Waals surface area contributed by atoms with Crippen LogP contribution in [-0.4, -0.2) is 37.1 Å².